The minimum Gasteiger partial charge on any atom is -0.465 e. The number of ether oxygens (including phenoxy) is 1. The Balaban J connectivity index is 2.23. The molecule has 0 saturated carbocycles. The lowest BCUT2D eigenvalue weighted by molar-refractivity contribution is -0.135. The number of hydrogen-bond acceptors (Lipinski definition) is 5. The number of benzene rings is 2. The number of fused-ring (bicyclic) bond motifs is 1. The number of methoxy groups -OCH3 is 1. The SMILES string of the molecule is COC(=O)/C(C#N)=C1\SCC(=O)N1c1cccc2ccccc12. The highest BCUT2D eigenvalue weighted by atomic mass is 32.2. The number of carbonyl (C=O) groups excluding carboxylic acids is 2. The van der Waals surface area contributed by atoms with Crippen molar-refractivity contribution in [1.29, 1.82) is 5.26 Å². The number of nitriles is 1. The van der Waals surface area contributed by atoms with Crippen molar-refractivity contribution < 1.29 is 14.3 Å². The first-order chi connectivity index (χ1) is 11.2. The Bertz CT molecular complexity index is 878. The maximum Gasteiger partial charge on any atom is 0.351 e. The Morgan fingerprint density at radius 3 is 2.74 bits per heavy atom. The fourth-order valence-electron chi connectivity index (χ4n) is 2.49. The van der Waals surface area contributed by atoms with Gasteiger partial charge in [0.25, 0.3) is 0 Å². The first-order valence-corrected chi connectivity index (χ1v) is 7.82. The molecule has 1 aliphatic rings. The molecular formula is C17H12N2O3S. The number of rotatable bonds is 2. The molecule has 1 fully saturated rings. The molecule has 0 bridgehead atoms. The van der Waals surface area contributed by atoms with Gasteiger partial charge in [0, 0.05) is 5.39 Å². The molecule has 1 aliphatic heterocycles. The largest absolute Gasteiger partial charge is 0.465 e. The van der Waals surface area contributed by atoms with Gasteiger partial charge in [-0.2, -0.15) is 5.26 Å². The Morgan fingerprint density at radius 1 is 1.26 bits per heavy atom. The van der Waals surface area contributed by atoms with E-state index in [1.807, 2.05) is 42.5 Å². The van der Waals surface area contributed by atoms with Crippen molar-refractivity contribution in [2.24, 2.45) is 0 Å². The zero-order valence-corrected chi connectivity index (χ0v) is 13.1. The van der Waals surface area contributed by atoms with Gasteiger partial charge in [-0.05, 0) is 11.5 Å². The number of hydrogen-bond donors (Lipinski definition) is 0. The summed E-state index contributed by atoms with van der Waals surface area (Å²) in [7, 11) is 1.21. The van der Waals surface area contributed by atoms with E-state index in [2.05, 4.69) is 4.74 Å². The Hall–Kier alpha value is -2.78. The molecule has 6 heteroatoms. The molecule has 0 spiro atoms. The average Bonchev–Trinajstić information content (AvgIpc) is 2.96. The number of esters is 1. The first kappa shape index (κ1) is 15.1. The number of carbonyl (C=O) groups is 2. The molecule has 1 saturated heterocycles. The standard InChI is InChI=1S/C17H12N2O3S/c1-22-17(21)13(9-18)16-19(15(20)10-23-16)14-8-4-6-11-5-2-3-7-12(11)14/h2-8H,10H2,1H3/b16-13-. The lowest BCUT2D eigenvalue weighted by Gasteiger charge is -2.20. The summed E-state index contributed by atoms with van der Waals surface area (Å²) < 4.78 is 4.65. The summed E-state index contributed by atoms with van der Waals surface area (Å²) in [5.41, 5.74) is 0.501. The van der Waals surface area contributed by atoms with E-state index in [1.54, 1.807) is 6.07 Å². The van der Waals surface area contributed by atoms with Crippen molar-refractivity contribution >= 4 is 40.1 Å². The van der Waals surface area contributed by atoms with Crippen molar-refractivity contribution in [2.75, 3.05) is 17.8 Å². The van der Waals surface area contributed by atoms with Crippen molar-refractivity contribution in [1.82, 2.24) is 0 Å². The summed E-state index contributed by atoms with van der Waals surface area (Å²) in [5.74, 6) is -0.728. The molecule has 0 N–H and O–H groups in total. The van der Waals surface area contributed by atoms with Crippen LogP contribution < -0.4 is 4.90 Å². The van der Waals surface area contributed by atoms with Gasteiger partial charge in [-0.25, -0.2) is 4.79 Å². The van der Waals surface area contributed by atoms with Crippen LogP contribution in [0.2, 0.25) is 0 Å². The highest BCUT2D eigenvalue weighted by Crippen LogP contribution is 2.39. The monoisotopic (exact) mass is 324 g/mol. The zero-order valence-electron chi connectivity index (χ0n) is 12.3. The van der Waals surface area contributed by atoms with Crippen molar-refractivity contribution in [3.8, 4) is 6.07 Å². The van der Waals surface area contributed by atoms with Gasteiger partial charge in [0.1, 0.15) is 11.1 Å². The van der Waals surface area contributed by atoms with E-state index in [-0.39, 0.29) is 17.2 Å². The van der Waals surface area contributed by atoms with E-state index in [0.717, 1.165) is 10.8 Å². The van der Waals surface area contributed by atoms with E-state index >= 15 is 0 Å². The van der Waals surface area contributed by atoms with E-state index in [9.17, 15) is 14.9 Å². The van der Waals surface area contributed by atoms with Crippen LogP contribution in [0.25, 0.3) is 10.8 Å². The Kier molecular flexibility index (Phi) is 4.04. The van der Waals surface area contributed by atoms with Crippen LogP contribution in [0.15, 0.2) is 53.1 Å². The predicted molar refractivity (Wildman–Crippen MR) is 88.5 cm³/mol. The number of anilines is 1. The van der Waals surface area contributed by atoms with Crippen molar-refractivity contribution in [3.63, 3.8) is 0 Å². The maximum absolute atomic E-state index is 12.4. The van der Waals surface area contributed by atoms with Crippen LogP contribution in [0.3, 0.4) is 0 Å². The maximum atomic E-state index is 12.4. The number of amides is 1. The van der Waals surface area contributed by atoms with E-state index in [0.29, 0.717) is 10.7 Å². The minimum atomic E-state index is -0.741. The third kappa shape index (κ3) is 2.56. The summed E-state index contributed by atoms with van der Waals surface area (Å²) in [6.45, 7) is 0. The third-order valence-corrected chi connectivity index (χ3v) is 4.56. The topological polar surface area (TPSA) is 70.4 Å². The molecule has 114 valence electrons. The van der Waals surface area contributed by atoms with Gasteiger partial charge >= 0.3 is 5.97 Å². The molecule has 0 aromatic heterocycles. The molecule has 2 aromatic carbocycles. The van der Waals surface area contributed by atoms with Gasteiger partial charge < -0.3 is 4.74 Å². The Labute approximate surface area is 137 Å². The van der Waals surface area contributed by atoms with Crippen LogP contribution in [0.4, 0.5) is 5.69 Å². The molecule has 1 heterocycles. The van der Waals surface area contributed by atoms with Crippen LogP contribution in [-0.2, 0) is 14.3 Å². The second-order valence-corrected chi connectivity index (χ2v) is 5.76. The number of thioether (sulfide) groups is 1. The first-order valence-electron chi connectivity index (χ1n) is 6.83. The van der Waals surface area contributed by atoms with Crippen LogP contribution in [0.1, 0.15) is 0 Å². The van der Waals surface area contributed by atoms with E-state index in [1.165, 1.54) is 23.8 Å². The summed E-state index contributed by atoms with van der Waals surface area (Å²) >= 11 is 1.17. The molecule has 0 unspecified atom stereocenters. The zero-order chi connectivity index (χ0) is 16.4. The van der Waals surface area contributed by atoms with E-state index in [4.69, 9.17) is 0 Å². The lowest BCUT2D eigenvalue weighted by Crippen LogP contribution is -2.26. The molecule has 0 radical (unpaired) electrons. The highest BCUT2D eigenvalue weighted by Gasteiger charge is 2.34. The van der Waals surface area contributed by atoms with Gasteiger partial charge in [-0.15, -0.1) is 0 Å². The lowest BCUT2D eigenvalue weighted by atomic mass is 10.1. The fourth-order valence-corrected chi connectivity index (χ4v) is 3.48. The van der Waals surface area contributed by atoms with Gasteiger partial charge in [0.2, 0.25) is 5.91 Å². The molecule has 5 nitrogen and oxygen atoms in total. The smallest absolute Gasteiger partial charge is 0.351 e. The van der Waals surface area contributed by atoms with Gasteiger partial charge in [-0.3, -0.25) is 9.69 Å². The van der Waals surface area contributed by atoms with Crippen molar-refractivity contribution in [3.05, 3.63) is 53.1 Å². The van der Waals surface area contributed by atoms with Gasteiger partial charge in [0.15, 0.2) is 5.57 Å². The molecule has 0 atom stereocenters. The van der Waals surface area contributed by atoms with Crippen molar-refractivity contribution in [2.45, 2.75) is 0 Å². The van der Waals surface area contributed by atoms with E-state index < -0.39 is 5.97 Å². The predicted octanol–water partition coefficient (Wildman–Crippen LogP) is 2.83. The minimum absolute atomic E-state index is 0.156. The van der Waals surface area contributed by atoms with Gasteiger partial charge in [-0.1, -0.05) is 48.2 Å². The molecule has 0 aliphatic carbocycles. The summed E-state index contributed by atoms with van der Waals surface area (Å²) in [6, 6.07) is 15.1. The normalized spacial score (nSPS) is 16.3. The second kappa shape index (κ2) is 6.15. The summed E-state index contributed by atoms with van der Waals surface area (Å²) in [6.07, 6.45) is 0. The third-order valence-electron chi connectivity index (χ3n) is 3.51. The number of nitrogens with zero attached hydrogens (tertiary/aromatic N) is 2. The average molecular weight is 324 g/mol. The molecule has 2 aromatic rings. The summed E-state index contributed by atoms with van der Waals surface area (Å²) in [5, 5.41) is 11.5. The molecular weight excluding hydrogens is 312 g/mol. The second-order valence-electron chi connectivity index (χ2n) is 4.80. The van der Waals surface area contributed by atoms with Gasteiger partial charge in [0.05, 0.1) is 18.6 Å². The quantitative estimate of drug-likeness (QED) is 0.482. The molecule has 3 rings (SSSR count). The highest BCUT2D eigenvalue weighted by molar-refractivity contribution is 8.04. The Morgan fingerprint density at radius 2 is 2.00 bits per heavy atom. The molecule has 1 amide bonds. The van der Waals surface area contributed by atoms with Crippen LogP contribution in [-0.4, -0.2) is 24.7 Å². The van der Waals surface area contributed by atoms with Crippen LogP contribution >= 0.6 is 11.8 Å². The van der Waals surface area contributed by atoms with Crippen LogP contribution in [0.5, 0.6) is 0 Å². The molecule has 23 heavy (non-hydrogen) atoms. The fraction of sp³-hybridized carbons (Fsp3) is 0.118. The summed E-state index contributed by atoms with van der Waals surface area (Å²) in [4.78, 5) is 25.6. The van der Waals surface area contributed by atoms with Crippen LogP contribution in [0, 0.1) is 11.3 Å².